The second-order valence-electron chi connectivity index (χ2n) is 3.20. The average molecular weight is 229 g/mol. The molecule has 0 heterocycles. The van der Waals surface area contributed by atoms with Gasteiger partial charge in [0.25, 0.3) is 0 Å². The lowest BCUT2D eigenvalue weighted by atomic mass is 10.1. The first-order chi connectivity index (χ1) is 7.13. The number of halogens is 1. The Morgan fingerprint density at radius 2 is 2.07 bits per heavy atom. The van der Waals surface area contributed by atoms with Crippen LogP contribution in [0.25, 0.3) is 0 Å². The molecule has 0 saturated heterocycles. The Kier molecular flexibility index (Phi) is 4.59. The van der Waals surface area contributed by atoms with E-state index in [9.17, 15) is 9.90 Å². The van der Waals surface area contributed by atoms with Gasteiger partial charge in [0.15, 0.2) is 6.10 Å². The minimum atomic E-state index is -1.05. The number of benzene rings is 1. The normalized spacial score (nSPS) is 12.2. The lowest BCUT2D eigenvalue weighted by Crippen LogP contribution is -2.22. The van der Waals surface area contributed by atoms with Gasteiger partial charge in [-0.15, -0.1) is 0 Å². The van der Waals surface area contributed by atoms with E-state index in [2.05, 4.69) is 4.74 Å². The molecule has 15 heavy (non-hydrogen) atoms. The number of ether oxygens (including phenoxy) is 1. The number of carbonyl (C=O) groups is 1. The molecule has 0 spiro atoms. The number of rotatable bonds is 4. The van der Waals surface area contributed by atoms with Crippen molar-refractivity contribution >= 4 is 17.6 Å². The highest BCUT2D eigenvalue weighted by Crippen LogP contribution is 2.11. The monoisotopic (exact) mass is 228 g/mol. The van der Waals surface area contributed by atoms with Gasteiger partial charge in [-0.25, -0.2) is 4.79 Å². The van der Waals surface area contributed by atoms with Crippen LogP contribution in [0.15, 0.2) is 24.3 Å². The second kappa shape index (κ2) is 5.73. The molecule has 0 amide bonds. The molecule has 0 aliphatic rings. The van der Waals surface area contributed by atoms with Crippen LogP contribution in [0.2, 0.25) is 5.02 Å². The molecule has 4 heteroatoms. The second-order valence-corrected chi connectivity index (χ2v) is 3.64. The molecule has 3 nitrogen and oxygen atoms in total. The van der Waals surface area contributed by atoms with Gasteiger partial charge in [0, 0.05) is 5.02 Å². The molecule has 0 aliphatic heterocycles. The van der Waals surface area contributed by atoms with Gasteiger partial charge in [-0.1, -0.05) is 23.7 Å². The highest BCUT2D eigenvalue weighted by atomic mass is 35.5. The lowest BCUT2D eigenvalue weighted by molar-refractivity contribution is -0.150. The quantitative estimate of drug-likeness (QED) is 0.800. The van der Waals surface area contributed by atoms with E-state index in [4.69, 9.17) is 11.6 Å². The van der Waals surface area contributed by atoms with Crippen molar-refractivity contribution in [3.8, 4) is 0 Å². The van der Waals surface area contributed by atoms with Gasteiger partial charge in [0.05, 0.1) is 7.11 Å². The van der Waals surface area contributed by atoms with Crippen LogP contribution in [0, 0.1) is 0 Å². The van der Waals surface area contributed by atoms with Crippen LogP contribution < -0.4 is 0 Å². The van der Waals surface area contributed by atoms with E-state index in [1.807, 2.05) is 12.1 Å². The van der Waals surface area contributed by atoms with E-state index in [1.54, 1.807) is 12.1 Å². The van der Waals surface area contributed by atoms with Crippen LogP contribution in [-0.2, 0) is 16.0 Å². The lowest BCUT2D eigenvalue weighted by Gasteiger charge is -2.07. The van der Waals surface area contributed by atoms with Crippen molar-refractivity contribution in [2.24, 2.45) is 0 Å². The van der Waals surface area contributed by atoms with Crippen LogP contribution >= 0.6 is 11.6 Å². The van der Waals surface area contributed by atoms with E-state index in [0.29, 0.717) is 17.9 Å². The summed E-state index contributed by atoms with van der Waals surface area (Å²) >= 11 is 5.72. The molecule has 1 atom stereocenters. The maximum absolute atomic E-state index is 10.9. The van der Waals surface area contributed by atoms with Crippen molar-refractivity contribution in [1.29, 1.82) is 0 Å². The number of hydrogen-bond donors (Lipinski definition) is 1. The molecule has 0 fully saturated rings. The van der Waals surface area contributed by atoms with E-state index in [1.165, 1.54) is 7.11 Å². The SMILES string of the molecule is COC(=O)[C@@H](O)CCc1ccc(Cl)cc1. The summed E-state index contributed by atoms with van der Waals surface area (Å²) in [5, 5.41) is 10.0. The molecular formula is C11H13ClO3. The minimum absolute atomic E-state index is 0.355. The zero-order chi connectivity index (χ0) is 11.3. The summed E-state index contributed by atoms with van der Waals surface area (Å²) in [6, 6.07) is 7.29. The molecule has 1 aromatic carbocycles. The number of methoxy groups -OCH3 is 1. The summed E-state index contributed by atoms with van der Waals surface area (Å²) in [4.78, 5) is 10.9. The summed E-state index contributed by atoms with van der Waals surface area (Å²) < 4.78 is 4.41. The standard InChI is InChI=1S/C11H13ClO3/c1-15-11(14)10(13)7-4-8-2-5-9(12)6-3-8/h2-3,5-6,10,13H,4,7H2,1H3/t10-/m0/s1. The zero-order valence-corrected chi connectivity index (χ0v) is 9.20. The predicted molar refractivity (Wildman–Crippen MR) is 57.8 cm³/mol. The van der Waals surface area contributed by atoms with Crippen molar-refractivity contribution < 1.29 is 14.6 Å². The van der Waals surface area contributed by atoms with Gasteiger partial charge >= 0.3 is 5.97 Å². The first-order valence-electron chi connectivity index (χ1n) is 4.64. The van der Waals surface area contributed by atoms with E-state index in [0.717, 1.165) is 5.56 Å². The third kappa shape index (κ3) is 3.90. The summed E-state index contributed by atoms with van der Waals surface area (Å²) in [6.07, 6.45) is -0.0763. The zero-order valence-electron chi connectivity index (χ0n) is 8.44. The van der Waals surface area contributed by atoms with E-state index >= 15 is 0 Å². The maximum atomic E-state index is 10.9. The predicted octanol–water partition coefficient (Wildman–Crippen LogP) is 1.81. The molecule has 0 aromatic heterocycles. The van der Waals surface area contributed by atoms with Crippen molar-refractivity contribution in [3.05, 3.63) is 34.9 Å². The topological polar surface area (TPSA) is 46.5 Å². The van der Waals surface area contributed by atoms with Crippen LogP contribution in [0.4, 0.5) is 0 Å². The molecule has 0 aliphatic carbocycles. The molecular weight excluding hydrogens is 216 g/mol. The highest BCUT2D eigenvalue weighted by Gasteiger charge is 2.14. The Morgan fingerprint density at radius 3 is 2.60 bits per heavy atom. The third-order valence-corrected chi connectivity index (χ3v) is 2.34. The molecule has 82 valence electrons. The molecule has 0 radical (unpaired) electrons. The van der Waals surface area contributed by atoms with Crippen molar-refractivity contribution in [3.63, 3.8) is 0 Å². The van der Waals surface area contributed by atoms with E-state index in [-0.39, 0.29) is 0 Å². The minimum Gasteiger partial charge on any atom is -0.467 e. The van der Waals surface area contributed by atoms with Gasteiger partial charge in [0.1, 0.15) is 0 Å². The van der Waals surface area contributed by atoms with Crippen LogP contribution in [0.1, 0.15) is 12.0 Å². The fraction of sp³-hybridized carbons (Fsp3) is 0.364. The van der Waals surface area contributed by atoms with Crippen molar-refractivity contribution in [1.82, 2.24) is 0 Å². The summed E-state index contributed by atoms with van der Waals surface area (Å²) in [5.41, 5.74) is 1.03. The van der Waals surface area contributed by atoms with Gasteiger partial charge in [-0.05, 0) is 30.5 Å². The molecule has 1 N–H and O–H groups in total. The maximum Gasteiger partial charge on any atom is 0.334 e. The van der Waals surface area contributed by atoms with Gasteiger partial charge in [-0.2, -0.15) is 0 Å². The number of aryl methyl sites for hydroxylation is 1. The molecule has 0 unspecified atom stereocenters. The molecule has 0 bridgehead atoms. The van der Waals surface area contributed by atoms with Crippen LogP contribution in [0.5, 0.6) is 0 Å². The van der Waals surface area contributed by atoms with Crippen LogP contribution in [0.3, 0.4) is 0 Å². The van der Waals surface area contributed by atoms with Crippen molar-refractivity contribution in [2.75, 3.05) is 7.11 Å². The fourth-order valence-corrected chi connectivity index (χ4v) is 1.33. The Bertz CT molecular complexity index is 321. The third-order valence-electron chi connectivity index (χ3n) is 2.09. The molecule has 0 saturated carbocycles. The Balaban J connectivity index is 2.43. The molecule has 1 aromatic rings. The Hall–Kier alpha value is -1.06. The van der Waals surface area contributed by atoms with Crippen molar-refractivity contribution in [2.45, 2.75) is 18.9 Å². The van der Waals surface area contributed by atoms with E-state index < -0.39 is 12.1 Å². The number of carbonyl (C=O) groups excluding carboxylic acids is 1. The number of hydrogen-bond acceptors (Lipinski definition) is 3. The van der Waals surface area contributed by atoms with Gasteiger partial charge < -0.3 is 9.84 Å². The van der Waals surface area contributed by atoms with Gasteiger partial charge in [-0.3, -0.25) is 0 Å². The highest BCUT2D eigenvalue weighted by molar-refractivity contribution is 6.30. The van der Waals surface area contributed by atoms with Crippen LogP contribution in [-0.4, -0.2) is 24.3 Å². The smallest absolute Gasteiger partial charge is 0.334 e. The first kappa shape index (κ1) is 12.0. The Labute approximate surface area is 93.6 Å². The summed E-state index contributed by atoms with van der Waals surface area (Å²) in [7, 11) is 1.26. The Morgan fingerprint density at radius 1 is 1.47 bits per heavy atom. The summed E-state index contributed by atoms with van der Waals surface area (Å²) in [5.74, 6) is -0.594. The largest absolute Gasteiger partial charge is 0.467 e. The number of esters is 1. The first-order valence-corrected chi connectivity index (χ1v) is 5.01. The van der Waals surface area contributed by atoms with Gasteiger partial charge in [0.2, 0.25) is 0 Å². The number of aliphatic hydroxyl groups is 1. The number of aliphatic hydroxyl groups excluding tert-OH is 1. The average Bonchev–Trinajstić information content (AvgIpc) is 2.26. The fourth-order valence-electron chi connectivity index (χ4n) is 1.21. The summed E-state index contributed by atoms with van der Waals surface area (Å²) in [6.45, 7) is 0. The molecule has 1 rings (SSSR count).